The number of carbonyl (C=O) groups excluding carboxylic acids is 1. The second-order valence-corrected chi connectivity index (χ2v) is 7.75. The lowest BCUT2D eigenvalue weighted by molar-refractivity contribution is -0.115. The molecule has 1 aromatic carbocycles. The van der Waals surface area contributed by atoms with Crippen molar-refractivity contribution in [3.05, 3.63) is 39.8 Å². The van der Waals surface area contributed by atoms with Gasteiger partial charge in [-0.05, 0) is 43.0 Å². The molecular formula is C19H19NOS2. The van der Waals surface area contributed by atoms with Gasteiger partial charge in [-0.3, -0.25) is 4.79 Å². The predicted octanol–water partition coefficient (Wildman–Crippen LogP) is 4.42. The van der Waals surface area contributed by atoms with E-state index in [1.54, 1.807) is 0 Å². The summed E-state index contributed by atoms with van der Waals surface area (Å²) in [4.78, 5) is 12.4. The molecule has 1 aliphatic heterocycles. The smallest absolute Gasteiger partial charge is 0.263 e. The van der Waals surface area contributed by atoms with Gasteiger partial charge in [-0.2, -0.15) is 0 Å². The van der Waals surface area contributed by atoms with Crippen molar-refractivity contribution in [2.75, 3.05) is 0 Å². The van der Waals surface area contributed by atoms with Crippen molar-refractivity contribution < 1.29 is 4.79 Å². The Bertz CT molecular complexity index is 733. The fourth-order valence-electron chi connectivity index (χ4n) is 2.86. The van der Waals surface area contributed by atoms with Crippen LogP contribution < -0.4 is 5.32 Å². The largest absolute Gasteiger partial charge is 0.307 e. The van der Waals surface area contributed by atoms with Gasteiger partial charge in [-0.25, -0.2) is 0 Å². The van der Waals surface area contributed by atoms with E-state index in [1.165, 1.54) is 49.4 Å². The molecule has 3 rings (SSSR count). The number of aryl methyl sites for hydroxylation is 1. The minimum absolute atomic E-state index is 0.115. The van der Waals surface area contributed by atoms with Crippen molar-refractivity contribution in [1.82, 2.24) is 5.32 Å². The lowest BCUT2D eigenvalue weighted by Gasteiger charge is -2.15. The molecule has 0 aromatic heterocycles. The molecule has 1 aliphatic carbocycles. The SMILES string of the molecule is Cc1ccc(/C=C2\SC(=S)NC2=O)cc1C#CC1CCCCC1. The number of nitrogens with one attached hydrogen (secondary N) is 1. The summed E-state index contributed by atoms with van der Waals surface area (Å²) >= 11 is 6.33. The summed E-state index contributed by atoms with van der Waals surface area (Å²) in [7, 11) is 0. The standard InChI is InChI=1S/C19H19NOS2/c1-13-7-8-15(12-17-18(21)20-19(22)23-17)11-16(13)10-9-14-5-3-2-4-6-14/h7-8,11-12,14H,2-6H2,1H3,(H,20,21,22)/b17-12-. The quantitative estimate of drug-likeness (QED) is 0.466. The van der Waals surface area contributed by atoms with E-state index in [0.717, 1.165) is 11.1 Å². The molecule has 0 radical (unpaired) electrons. The number of hydrogen-bond donors (Lipinski definition) is 1. The van der Waals surface area contributed by atoms with Gasteiger partial charge in [-0.15, -0.1) is 0 Å². The van der Waals surface area contributed by atoms with Gasteiger partial charge in [0.25, 0.3) is 5.91 Å². The third-order valence-electron chi connectivity index (χ3n) is 4.22. The van der Waals surface area contributed by atoms with Crippen molar-refractivity contribution in [3.63, 3.8) is 0 Å². The van der Waals surface area contributed by atoms with E-state index in [9.17, 15) is 4.79 Å². The Kier molecular flexibility index (Phi) is 5.20. The van der Waals surface area contributed by atoms with E-state index in [0.29, 0.717) is 15.1 Å². The summed E-state index contributed by atoms with van der Waals surface area (Å²) in [6.07, 6.45) is 8.29. The number of benzene rings is 1. The number of amides is 1. The maximum Gasteiger partial charge on any atom is 0.263 e. The Labute approximate surface area is 147 Å². The second-order valence-electron chi connectivity index (χ2n) is 6.03. The fraction of sp³-hybridized carbons (Fsp3) is 0.368. The van der Waals surface area contributed by atoms with Crippen LogP contribution in [0.1, 0.15) is 48.8 Å². The first-order valence-corrected chi connectivity index (χ1v) is 9.21. The molecule has 0 spiro atoms. The predicted molar refractivity (Wildman–Crippen MR) is 101 cm³/mol. The lowest BCUT2D eigenvalue weighted by Crippen LogP contribution is -2.17. The zero-order valence-corrected chi connectivity index (χ0v) is 14.8. The first-order chi connectivity index (χ1) is 11.1. The Morgan fingerprint density at radius 1 is 1.30 bits per heavy atom. The molecule has 1 aromatic rings. The molecule has 2 aliphatic rings. The van der Waals surface area contributed by atoms with Crippen molar-refractivity contribution in [3.8, 4) is 11.8 Å². The highest BCUT2D eigenvalue weighted by atomic mass is 32.2. The summed E-state index contributed by atoms with van der Waals surface area (Å²) in [5.41, 5.74) is 3.22. The molecule has 1 N–H and O–H groups in total. The van der Waals surface area contributed by atoms with Crippen molar-refractivity contribution in [2.45, 2.75) is 39.0 Å². The third-order valence-corrected chi connectivity index (χ3v) is 5.38. The van der Waals surface area contributed by atoms with Gasteiger partial charge in [0.1, 0.15) is 4.32 Å². The highest BCUT2D eigenvalue weighted by Gasteiger charge is 2.21. The first kappa shape index (κ1) is 16.3. The van der Waals surface area contributed by atoms with Gasteiger partial charge in [0.2, 0.25) is 0 Å². The fourth-order valence-corrected chi connectivity index (χ4v) is 3.91. The van der Waals surface area contributed by atoms with E-state index in [4.69, 9.17) is 12.2 Å². The summed E-state index contributed by atoms with van der Waals surface area (Å²) in [5, 5.41) is 2.64. The highest BCUT2D eigenvalue weighted by Crippen LogP contribution is 2.26. The Balaban J connectivity index is 1.82. The minimum Gasteiger partial charge on any atom is -0.307 e. The molecule has 2 nitrogen and oxygen atoms in total. The van der Waals surface area contributed by atoms with Crippen LogP contribution in [0.15, 0.2) is 23.1 Å². The molecule has 0 atom stereocenters. The molecule has 118 valence electrons. The molecule has 0 unspecified atom stereocenters. The topological polar surface area (TPSA) is 29.1 Å². The zero-order chi connectivity index (χ0) is 16.2. The summed E-state index contributed by atoms with van der Waals surface area (Å²) in [6, 6.07) is 6.14. The van der Waals surface area contributed by atoms with Gasteiger partial charge in [0.05, 0.1) is 4.91 Å². The van der Waals surface area contributed by atoms with Crippen LogP contribution in [0, 0.1) is 24.7 Å². The van der Waals surface area contributed by atoms with Crippen LogP contribution in [0.25, 0.3) is 6.08 Å². The third kappa shape index (κ3) is 4.25. The summed E-state index contributed by atoms with van der Waals surface area (Å²) in [5.74, 6) is 7.22. The average Bonchev–Trinajstić information content (AvgIpc) is 2.86. The van der Waals surface area contributed by atoms with Crippen LogP contribution >= 0.6 is 24.0 Å². The first-order valence-electron chi connectivity index (χ1n) is 7.99. The monoisotopic (exact) mass is 341 g/mol. The Morgan fingerprint density at radius 3 is 2.78 bits per heavy atom. The number of rotatable bonds is 1. The van der Waals surface area contributed by atoms with Crippen LogP contribution in [0.3, 0.4) is 0 Å². The maximum absolute atomic E-state index is 11.8. The van der Waals surface area contributed by atoms with Crippen molar-refractivity contribution >= 4 is 40.3 Å². The normalized spacial score (nSPS) is 20.3. The van der Waals surface area contributed by atoms with Gasteiger partial charge < -0.3 is 5.32 Å². The van der Waals surface area contributed by atoms with Gasteiger partial charge in [0, 0.05) is 11.5 Å². The number of thioether (sulfide) groups is 1. The van der Waals surface area contributed by atoms with E-state index in [1.807, 2.05) is 12.1 Å². The van der Waals surface area contributed by atoms with Crippen molar-refractivity contribution in [1.29, 1.82) is 0 Å². The van der Waals surface area contributed by atoms with Crippen LogP contribution in [0.5, 0.6) is 0 Å². The Morgan fingerprint density at radius 2 is 2.09 bits per heavy atom. The molecule has 1 saturated carbocycles. The number of hydrogen-bond acceptors (Lipinski definition) is 3. The minimum atomic E-state index is -0.115. The lowest BCUT2D eigenvalue weighted by atomic mass is 9.89. The van der Waals surface area contributed by atoms with E-state index in [2.05, 4.69) is 36.2 Å². The highest BCUT2D eigenvalue weighted by molar-refractivity contribution is 8.26. The molecule has 1 saturated heterocycles. The van der Waals surface area contributed by atoms with Crippen LogP contribution in [0.4, 0.5) is 0 Å². The molecular weight excluding hydrogens is 322 g/mol. The number of carbonyl (C=O) groups is 1. The molecule has 4 heteroatoms. The average molecular weight is 342 g/mol. The number of thiocarbonyl (C=S) groups is 1. The van der Waals surface area contributed by atoms with Crippen LogP contribution in [0.2, 0.25) is 0 Å². The summed E-state index contributed by atoms with van der Waals surface area (Å²) in [6.45, 7) is 2.08. The van der Waals surface area contributed by atoms with Crippen LogP contribution in [-0.4, -0.2) is 10.2 Å². The van der Waals surface area contributed by atoms with E-state index in [-0.39, 0.29) is 5.91 Å². The molecule has 1 amide bonds. The maximum atomic E-state index is 11.8. The Hall–Kier alpha value is -1.57. The zero-order valence-electron chi connectivity index (χ0n) is 13.1. The molecule has 23 heavy (non-hydrogen) atoms. The van der Waals surface area contributed by atoms with Crippen LogP contribution in [-0.2, 0) is 4.79 Å². The molecule has 1 heterocycles. The van der Waals surface area contributed by atoms with Gasteiger partial charge in [0.15, 0.2) is 0 Å². The van der Waals surface area contributed by atoms with Crippen molar-refractivity contribution in [2.24, 2.45) is 5.92 Å². The second kappa shape index (κ2) is 7.33. The summed E-state index contributed by atoms with van der Waals surface area (Å²) < 4.78 is 0.519. The molecule has 2 fully saturated rings. The molecule has 0 bridgehead atoms. The van der Waals surface area contributed by atoms with E-state index < -0.39 is 0 Å². The van der Waals surface area contributed by atoms with E-state index >= 15 is 0 Å². The van der Waals surface area contributed by atoms with Gasteiger partial charge in [-0.1, -0.05) is 67.2 Å². The van der Waals surface area contributed by atoms with Gasteiger partial charge >= 0.3 is 0 Å².